The quantitative estimate of drug-likeness (QED) is 0.694. The number of carbonyl (C=O) groups excluding carboxylic acids is 2. The smallest absolute Gasteiger partial charge is 0.318 e. The molecule has 0 aromatic heterocycles. The largest absolute Gasteiger partial charge is 0.376 e. The second-order valence-corrected chi connectivity index (χ2v) is 3.93. The molecule has 3 N–H and O–H groups in total. The van der Waals surface area contributed by atoms with Gasteiger partial charge < -0.3 is 10.5 Å². The molecule has 0 saturated carbocycles. The van der Waals surface area contributed by atoms with Gasteiger partial charge in [0, 0.05) is 13.1 Å². The average Bonchev–Trinajstić information content (AvgIpc) is 2.27. The molecule has 92 valence electrons. The first-order valence-electron chi connectivity index (χ1n) is 5.50. The minimum absolute atomic E-state index is 0.164. The van der Waals surface area contributed by atoms with Crippen LogP contribution in [0, 0.1) is 0 Å². The lowest BCUT2D eigenvalue weighted by atomic mass is 10.1. The molecule has 2 atom stereocenters. The molecule has 0 radical (unpaired) electrons. The zero-order chi connectivity index (χ0) is 12.1. The molecule has 1 aliphatic heterocycles. The highest BCUT2D eigenvalue weighted by atomic mass is 16.5. The van der Waals surface area contributed by atoms with Gasteiger partial charge in [0.15, 0.2) is 0 Å². The van der Waals surface area contributed by atoms with E-state index in [-0.39, 0.29) is 18.1 Å². The van der Waals surface area contributed by atoms with Crippen LogP contribution in [0.5, 0.6) is 0 Å². The number of hydrogen-bond acceptors (Lipinski definition) is 4. The maximum absolute atomic E-state index is 11.6. The van der Waals surface area contributed by atoms with Crippen molar-refractivity contribution >= 4 is 11.9 Å². The van der Waals surface area contributed by atoms with Gasteiger partial charge in [0.05, 0.1) is 18.8 Å². The zero-order valence-electron chi connectivity index (χ0n) is 9.73. The van der Waals surface area contributed by atoms with Gasteiger partial charge in [0.25, 0.3) is 0 Å². The van der Waals surface area contributed by atoms with E-state index in [9.17, 15) is 9.59 Å². The predicted molar refractivity (Wildman–Crippen MR) is 58.8 cm³/mol. The maximum Gasteiger partial charge on any atom is 0.318 e. The zero-order valence-corrected chi connectivity index (χ0v) is 9.73. The molecule has 16 heavy (non-hydrogen) atoms. The second-order valence-electron chi connectivity index (χ2n) is 3.93. The van der Waals surface area contributed by atoms with E-state index in [4.69, 9.17) is 10.5 Å². The average molecular weight is 229 g/mol. The lowest BCUT2D eigenvalue weighted by molar-refractivity contribution is -0.128. The SMILES string of the molecule is CC[C@H]1CN([C@@H](C)C(=O)NC(N)=O)CCO1. The van der Waals surface area contributed by atoms with Crippen LogP contribution in [0.3, 0.4) is 0 Å². The Hall–Kier alpha value is -1.14. The number of amides is 3. The van der Waals surface area contributed by atoms with Crippen molar-refractivity contribution < 1.29 is 14.3 Å². The van der Waals surface area contributed by atoms with E-state index < -0.39 is 6.03 Å². The molecule has 6 heteroatoms. The molecule has 0 unspecified atom stereocenters. The van der Waals surface area contributed by atoms with Gasteiger partial charge in [-0.25, -0.2) is 4.79 Å². The van der Waals surface area contributed by atoms with E-state index >= 15 is 0 Å². The molecular formula is C10H19N3O3. The van der Waals surface area contributed by atoms with Crippen LogP contribution in [0.25, 0.3) is 0 Å². The van der Waals surface area contributed by atoms with Crippen LogP contribution in [-0.4, -0.2) is 48.7 Å². The summed E-state index contributed by atoms with van der Waals surface area (Å²) in [6, 6.07) is -1.16. The molecule has 1 saturated heterocycles. The van der Waals surface area contributed by atoms with Crippen LogP contribution < -0.4 is 11.1 Å². The molecule has 6 nitrogen and oxygen atoms in total. The van der Waals surface area contributed by atoms with Crippen molar-refractivity contribution in [1.29, 1.82) is 0 Å². The Morgan fingerprint density at radius 3 is 2.88 bits per heavy atom. The summed E-state index contributed by atoms with van der Waals surface area (Å²) in [6.07, 6.45) is 1.08. The van der Waals surface area contributed by atoms with Crippen molar-refractivity contribution in [3.05, 3.63) is 0 Å². The standard InChI is InChI=1S/C10H19N3O3/c1-3-8-6-13(4-5-16-8)7(2)9(14)12-10(11)15/h7-8H,3-6H2,1-2H3,(H3,11,12,14,15)/t7-,8-/m0/s1. The Balaban J connectivity index is 2.49. The third-order valence-electron chi connectivity index (χ3n) is 2.80. The Morgan fingerprint density at radius 1 is 1.62 bits per heavy atom. The van der Waals surface area contributed by atoms with Gasteiger partial charge in [0.2, 0.25) is 5.91 Å². The van der Waals surface area contributed by atoms with Crippen LogP contribution in [0.15, 0.2) is 0 Å². The van der Waals surface area contributed by atoms with Crippen molar-refractivity contribution in [1.82, 2.24) is 10.2 Å². The van der Waals surface area contributed by atoms with Crippen molar-refractivity contribution in [3.63, 3.8) is 0 Å². The molecule has 0 bridgehead atoms. The minimum atomic E-state index is -0.808. The van der Waals surface area contributed by atoms with Crippen LogP contribution in [0.1, 0.15) is 20.3 Å². The fraction of sp³-hybridized carbons (Fsp3) is 0.800. The molecule has 3 amide bonds. The topological polar surface area (TPSA) is 84.7 Å². The number of imide groups is 1. The van der Waals surface area contributed by atoms with Gasteiger partial charge in [-0.3, -0.25) is 15.0 Å². The summed E-state index contributed by atoms with van der Waals surface area (Å²) in [5.41, 5.74) is 4.90. The monoisotopic (exact) mass is 229 g/mol. The van der Waals surface area contributed by atoms with Crippen LogP contribution in [0.2, 0.25) is 0 Å². The molecule has 0 spiro atoms. The molecule has 1 heterocycles. The van der Waals surface area contributed by atoms with Gasteiger partial charge in [-0.15, -0.1) is 0 Å². The van der Waals surface area contributed by atoms with Crippen molar-refractivity contribution in [2.45, 2.75) is 32.4 Å². The molecule has 0 aromatic rings. The van der Waals surface area contributed by atoms with Crippen LogP contribution in [0.4, 0.5) is 4.79 Å². The lowest BCUT2D eigenvalue weighted by Crippen LogP contribution is -2.53. The highest BCUT2D eigenvalue weighted by Gasteiger charge is 2.27. The number of ether oxygens (including phenoxy) is 1. The summed E-state index contributed by atoms with van der Waals surface area (Å²) in [4.78, 5) is 24.1. The van der Waals surface area contributed by atoms with Gasteiger partial charge in [-0.1, -0.05) is 6.92 Å². The Kier molecular flexibility index (Phi) is 4.70. The minimum Gasteiger partial charge on any atom is -0.376 e. The summed E-state index contributed by atoms with van der Waals surface area (Å²) in [6.45, 7) is 5.83. The summed E-state index contributed by atoms with van der Waals surface area (Å²) in [5, 5.41) is 2.09. The van der Waals surface area contributed by atoms with Crippen LogP contribution in [-0.2, 0) is 9.53 Å². The summed E-state index contributed by atoms with van der Waals surface area (Å²) < 4.78 is 5.50. The fourth-order valence-electron chi connectivity index (χ4n) is 1.73. The Bertz CT molecular complexity index is 270. The molecule has 0 aromatic carbocycles. The normalized spacial score (nSPS) is 23.8. The highest BCUT2D eigenvalue weighted by molar-refractivity contribution is 5.96. The Labute approximate surface area is 95.1 Å². The van der Waals surface area contributed by atoms with Crippen molar-refractivity contribution in [2.24, 2.45) is 5.73 Å². The number of carbonyl (C=O) groups is 2. The fourth-order valence-corrected chi connectivity index (χ4v) is 1.73. The van der Waals surface area contributed by atoms with E-state index in [2.05, 4.69) is 5.32 Å². The third kappa shape index (κ3) is 3.46. The maximum atomic E-state index is 11.6. The number of nitrogens with two attached hydrogens (primary N) is 1. The molecule has 1 fully saturated rings. The lowest BCUT2D eigenvalue weighted by Gasteiger charge is -2.35. The van der Waals surface area contributed by atoms with E-state index in [0.29, 0.717) is 19.7 Å². The molecular weight excluding hydrogens is 210 g/mol. The number of hydrogen-bond donors (Lipinski definition) is 2. The predicted octanol–water partition coefficient (Wildman–Crippen LogP) is -0.319. The first-order chi connectivity index (χ1) is 7.54. The molecule has 1 rings (SSSR count). The number of nitrogens with one attached hydrogen (secondary N) is 1. The van der Waals surface area contributed by atoms with Gasteiger partial charge in [-0.2, -0.15) is 0 Å². The first-order valence-corrected chi connectivity index (χ1v) is 5.50. The van der Waals surface area contributed by atoms with Gasteiger partial charge in [0.1, 0.15) is 0 Å². The number of primary amides is 1. The van der Waals surface area contributed by atoms with Crippen molar-refractivity contribution in [2.75, 3.05) is 19.7 Å². The third-order valence-corrected chi connectivity index (χ3v) is 2.80. The number of nitrogens with zero attached hydrogens (tertiary/aromatic N) is 1. The summed E-state index contributed by atoms with van der Waals surface area (Å²) in [5.74, 6) is -0.357. The molecule has 1 aliphatic rings. The van der Waals surface area contributed by atoms with E-state index in [1.54, 1.807) is 6.92 Å². The highest BCUT2D eigenvalue weighted by Crippen LogP contribution is 2.11. The van der Waals surface area contributed by atoms with E-state index in [1.807, 2.05) is 11.8 Å². The van der Waals surface area contributed by atoms with E-state index in [1.165, 1.54) is 0 Å². The van der Waals surface area contributed by atoms with E-state index in [0.717, 1.165) is 6.42 Å². The second kappa shape index (κ2) is 5.81. The number of urea groups is 1. The Morgan fingerprint density at radius 2 is 2.31 bits per heavy atom. The number of rotatable bonds is 3. The van der Waals surface area contributed by atoms with Crippen LogP contribution >= 0.6 is 0 Å². The summed E-state index contributed by atoms with van der Waals surface area (Å²) in [7, 11) is 0. The van der Waals surface area contributed by atoms with Gasteiger partial charge >= 0.3 is 6.03 Å². The molecule has 0 aliphatic carbocycles. The first kappa shape index (κ1) is 12.9. The van der Waals surface area contributed by atoms with Crippen molar-refractivity contribution in [3.8, 4) is 0 Å². The number of morpholine rings is 1. The van der Waals surface area contributed by atoms with Gasteiger partial charge in [-0.05, 0) is 13.3 Å². The summed E-state index contributed by atoms with van der Waals surface area (Å²) >= 11 is 0.